The van der Waals surface area contributed by atoms with Crippen LogP contribution in [0.2, 0.25) is 0 Å². The Hall–Kier alpha value is -1.72. The number of aliphatic hydroxyl groups excluding tert-OH is 1. The number of hydrogen-bond acceptors (Lipinski definition) is 5. The van der Waals surface area contributed by atoms with Crippen LogP contribution in [0.3, 0.4) is 0 Å². The average Bonchev–Trinajstić information content (AvgIpc) is 3.18. The molecule has 0 amide bonds. The lowest BCUT2D eigenvalue weighted by Crippen LogP contribution is -2.58. The topological polar surface area (TPSA) is 83.8 Å². The molecule has 37 heavy (non-hydrogen) atoms. The molecule has 0 aliphatic heterocycles. The van der Waals surface area contributed by atoms with Gasteiger partial charge in [0, 0.05) is 35.7 Å². The fourth-order valence-corrected chi connectivity index (χ4v) is 9.40. The van der Waals surface area contributed by atoms with E-state index in [1.807, 2.05) is 26.0 Å². The van der Waals surface area contributed by atoms with Crippen LogP contribution in [0.1, 0.15) is 93.9 Å². The fourth-order valence-electron chi connectivity index (χ4n) is 9.40. The van der Waals surface area contributed by atoms with Crippen LogP contribution in [0.15, 0.2) is 35.5 Å². The summed E-state index contributed by atoms with van der Waals surface area (Å²) in [6.45, 7) is 20.4. The predicted molar refractivity (Wildman–Crippen MR) is 146 cm³/mol. The van der Waals surface area contributed by atoms with Crippen molar-refractivity contribution in [3.05, 3.63) is 35.5 Å². The molecule has 0 aromatic rings. The molecule has 9 atom stereocenters. The van der Waals surface area contributed by atoms with Gasteiger partial charge >= 0.3 is 5.97 Å². The number of rotatable bonds is 4. The molecular formula is C32H48O5. The summed E-state index contributed by atoms with van der Waals surface area (Å²) >= 11 is 0. The Balaban J connectivity index is 1.67. The Morgan fingerprint density at radius 2 is 1.70 bits per heavy atom. The summed E-state index contributed by atoms with van der Waals surface area (Å²) in [4.78, 5) is 25.5. The average molecular weight is 513 g/mol. The highest BCUT2D eigenvalue weighted by atomic mass is 16.5. The van der Waals surface area contributed by atoms with Gasteiger partial charge in [-0.2, -0.15) is 0 Å². The number of carbonyl (C=O) groups excluding carboxylic acids is 2. The lowest BCUT2D eigenvalue weighted by molar-refractivity contribution is -0.185. The maximum absolute atomic E-state index is 13.7. The molecule has 4 saturated carbocycles. The third-order valence-electron chi connectivity index (χ3n) is 11.4. The molecule has 4 aliphatic rings. The number of Topliss-reactive ketones (excluding diaryl/α,β-unsaturated/α-hetero) is 1. The largest absolute Gasteiger partial charge is 0.462 e. The first kappa shape index (κ1) is 28.3. The zero-order valence-electron chi connectivity index (χ0n) is 24.2. The standard InChI is InChI=1S/C32H48O5/c1-18(2)21-16-26(35)32(9,36)22(21)11-10-19(3)28-23(34)17-25-30(7)15-13-27(37-20(4)33)29(5,6)24(30)12-14-31(25,28)8/h10-11,21-22,24-27,35-36H,1,12-17H2,2-9H3/b11-10+,28-19-/t21-,22-,24-,25-,26+,27-,30-,31-,32+/m0/s1. The number of aliphatic hydroxyl groups is 2. The number of ketones is 1. The van der Waals surface area contributed by atoms with Crippen molar-refractivity contribution in [2.45, 2.75) is 112 Å². The fraction of sp³-hybridized carbons (Fsp3) is 0.750. The Morgan fingerprint density at radius 3 is 2.30 bits per heavy atom. The molecule has 5 nitrogen and oxygen atoms in total. The summed E-state index contributed by atoms with van der Waals surface area (Å²) in [6.07, 6.45) is 7.93. The minimum Gasteiger partial charge on any atom is -0.462 e. The highest BCUT2D eigenvalue weighted by Gasteiger charge is 2.65. The van der Waals surface area contributed by atoms with Crippen LogP contribution in [-0.4, -0.2) is 39.8 Å². The summed E-state index contributed by atoms with van der Waals surface area (Å²) in [5, 5.41) is 21.5. The first-order chi connectivity index (χ1) is 17.0. The Bertz CT molecular complexity index is 1050. The van der Waals surface area contributed by atoms with Gasteiger partial charge in [0.25, 0.3) is 0 Å². The van der Waals surface area contributed by atoms with Gasteiger partial charge in [-0.15, -0.1) is 0 Å². The van der Waals surface area contributed by atoms with E-state index in [9.17, 15) is 19.8 Å². The third kappa shape index (κ3) is 4.29. The van der Waals surface area contributed by atoms with E-state index in [1.54, 1.807) is 6.92 Å². The third-order valence-corrected chi connectivity index (χ3v) is 11.4. The second-order valence-electron chi connectivity index (χ2n) is 14.0. The summed E-state index contributed by atoms with van der Waals surface area (Å²) in [7, 11) is 0. The van der Waals surface area contributed by atoms with E-state index in [0.29, 0.717) is 18.8 Å². The molecule has 0 aromatic heterocycles. The summed E-state index contributed by atoms with van der Waals surface area (Å²) in [5.41, 5.74) is 1.30. The second kappa shape index (κ2) is 9.19. The van der Waals surface area contributed by atoms with Crippen molar-refractivity contribution in [3.8, 4) is 0 Å². The van der Waals surface area contributed by atoms with E-state index in [1.165, 1.54) is 6.92 Å². The molecule has 0 unspecified atom stereocenters. The molecule has 0 aromatic carbocycles. The van der Waals surface area contributed by atoms with Gasteiger partial charge in [-0.1, -0.05) is 52.0 Å². The SMILES string of the molecule is C=C(C)[C@@H]1C[C@@H](O)[C@](C)(O)[C@H]1/C=C/C(C)=C1/C(=O)C[C@H]2[C@@]3(C)CC[C@H](OC(C)=O)C(C)(C)[C@@H]3CC[C@]12C. The predicted octanol–water partition coefficient (Wildman–Crippen LogP) is 5.95. The molecule has 0 radical (unpaired) electrons. The monoisotopic (exact) mass is 512 g/mol. The van der Waals surface area contributed by atoms with Crippen molar-refractivity contribution in [1.82, 2.24) is 0 Å². The van der Waals surface area contributed by atoms with Crippen molar-refractivity contribution in [1.29, 1.82) is 0 Å². The number of fused-ring (bicyclic) bond motifs is 3. The molecule has 0 spiro atoms. The van der Waals surface area contributed by atoms with E-state index in [0.717, 1.165) is 42.4 Å². The first-order valence-corrected chi connectivity index (χ1v) is 14.1. The summed E-state index contributed by atoms with van der Waals surface area (Å²) in [5.74, 6) is 0.416. The number of ether oxygens (including phenoxy) is 1. The molecule has 4 fully saturated rings. The van der Waals surface area contributed by atoms with Crippen LogP contribution in [-0.2, 0) is 14.3 Å². The molecule has 206 valence electrons. The van der Waals surface area contributed by atoms with Crippen LogP contribution in [0.25, 0.3) is 0 Å². The van der Waals surface area contributed by atoms with Crippen LogP contribution < -0.4 is 0 Å². The van der Waals surface area contributed by atoms with Gasteiger partial charge in [0.2, 0.25) is 0 Å². The van der Waals surface area contributed by atoms with Gasteiger partial charge in [-0.05, 0) is 81.6 Å². The zero-order valence-corrected chi connectivity index (χ0v) is 24.2. The summed E-state index contributed by atoms with van der Waals surface area (Å²) < 4.78 is 5.78. The van der Waals surface area contributed by atoms with Crippen molar-refractivity contribution < 1.29 is 24.5 Å². The Kier molecular flexibility index (Phi) is 7.03. The minimum absolute atomic E-state index is 0.00116. The van der Waals surface area contributed by atoms with Crippen LogP contribution in [0, 0.1) is 39.9 Å². The molecule has 4 aliphatic carbocycles. The van der Waals surface area contributed by atoms with Crippen LogP contribution in [0.5, 0.6) is 0 Å². The lowest BCUT2D eigenvalue weighted by Gasteiger charge is -2.62. The highest BCUT2D eigenvalue weighted by Crippen LogP contribution is 2.69. The molecule has 0 heterocycles. The molecule has 0 saturated heterocycles. The van der Waals surface area contributed by atoms with Gasteiger partial charge in [0.05, 0.1) is 11.7 Å². The normalized spacial score (nSPS) is 46.5. The van der Waals surface area contributed by atoms with Gasteiger partial charge in [-0.3, -0.25) is 9.59 Å². The quantitative estimate of drug-likeness (QED) is 0.276. The van der Waals surface area contributed by atoms with Gasteiger partial charge in [-0.25, -0.2) is 0 Å². The van der Waals surface area contributed by atoms with E-state index < -0.39 is 11.7 Å². The van der Waals surface area contributed by atoms with Gasteiger partial charge < -0.3 is 14.9 Å². The van der Waals surface area contributed by atoms with Crippen LogP contribution in [0.4, 0.5) is 0 Å². The van der Waals surface area contributed by atoms with E-state index in [2.05, 4.69) is 34.3 Å². The van der Waals surface area contributed by atoms with E-state index in [4.69, 9.17) is 4.74 Å². The van der Waals surface area contributed by atoms with Gasteiger partial charge in [0.1, 0.15) is 6.10 Å². The number of allylic oxidation sites excluding steroid dienone is 4. The van der Waals surface area contributed by atoms with E-state index >= 15 is 0 Å². The number of carbonyl (C=O) groups is 2. The Morgan fingerprint density at radius 1 is 1.05 bits per heavy atom. The molecule has 5 heteroatoms. The Labute approximate surface area is 223 Å². The van der Waals surface area contributed by atoms with Crippen molar-refractivity contribution in [3.63, 3.8) is 0 Å². The molecular weight excluding hydrogens is 464 g/mol. The molecule has 2 N–H and O–H groups in total. The maximum atomic E-state index is 13.7. The number of esters is 1. The smallest absolute Gasteiger partial charge is 0.302 e. The minimum atomic E-state index is -1.23. The zero-order chi connectivity index (χ0) is 27.7. The van der Waals surface area contributed by atoms with Crippen molar-refractivity contribution >= 4 is 11.8 Å². The number of hydrogen-bond donors (Lipinski definition) is 2. The van der Waals surface area contributed by atoms with Crippen molar-refractivity contribution in [2.24, 2.45) is 39.9 Å². The maximum Gasteiger partial charge on any atom is 0.302 e. The summed E-state index contributed by atoms with van der Waals surface area (Å²) in [6, 6.07) is 0. The lowest BCUT2D eigenvalue weighted by atomic mass is 9.43. The molecule has 0 bridgehead atoms. The highest BCUT2D eigenvalue weighted by molar-refractivity contribution is 6.00. The second-order valence-corrected chi connectivity index (χ2v) is 14.0. The van der Waals surface area contributed by atoms with Crippen LogP contribution >= 0.6 is 0 Å². The van der Waals surface area contributed by atoms with E-state index in [-0.39, 0.29) is 51.9 Å². The van der Waals surface area contributed by atoms with Gasteiger partial charge in [0.15, 0.2) is 5.78 Å². The molecule has 4 rings (SSSR count). The van der Waals surface area contributed by atoms with Crippen molar-refractivity contribution in [2.75, 3.05) is 0 Å². The first-order valence-electron chi connectivity index (χ1n) is 14.1.